The zero-order valence-corrected chi connectivity index (χ0v) is 17.3. The molecule has 1 aromatic rings. The quantitative estimate of drug-likeness (QED) is 0.763. The molecule has 0 aromatic carbocycles. The van der Waals surface area contributed by atoms with E-state index in [0.717, 1.165) is 50.3 Å². The minimum atomic E-state index is 0.130. The van der Waals surface area contributed by atoms with Crippen LogP contribution >= 0.6 is 0 Å². The summed E-state index contributed by atoms with van der Waals surface area (Å²) in [5, 5.41) is 0. The molecule has 4 fully saturated rings. The molecule has 0 spiro atoms. The van der Waals surface area contributed by atoms with Crippen molar-refractivity contribution in [2.24, 2.45) is 17.8 Å². The fourth-order valence-electron chi connectivity index (χ4n) is 6.71. The average molecular weight is 396 g/mol. The molecular weight excluding hydrogens is 362 g/mol. The third-order valence-electron chi connectivity index (χ3n) is 8.15. The van der Waals surface area contributed by atoms with Gasteiger partial charge in [-0.1, -0.05) is 12.8 Å². The lowest BCUT2D eigenvalue weighted by molar-refractivity contribution is -0.143. The summed E-state index contributed by atoms with van der Waals surface area (Å²) >= 11 is 0. The van der Waals surface area contributed by atoms with E-state index >= 15 is 0 Å². The van der Waals surface area contributed by atoms with Crippen LogP contribution in [0.5, 0.6) is 0 Å². The standard InChI is InChI=1S/C24H33N3O2/c28-23(18-9-12-25-13-10-18)27-15-11-19-16-20(7-8-22(19)27)24(29)26-14-3-5-17-4-1-2-6-21(17)26/h9-10,12-13,17,19-22H,1-8,11,14-16H2/t17?,19?,20?,21-,22+/m0/s1. The van der Waals surface area contributed by atoms with Gasteiger partial charge in [0.1, 0.15) is 0 Å². The number of nitrogens with zero attached hydrogens (tertiary/aromatic N) is 3. The van der Waals surface area contributed by atoms with Gasteiger partial charge in [-0.05, 0) is 75.3 Å². The summed E-state index contributed by atoms with van der Waals surface area (Å²) in [7, 11) is 0. The Kier molecular flexibility index (Phi) is 5.31. The molecule has 5 rings (SSSR count). The number of pyridine rings is 1. The highest BCUT2D eigenvalue weighted by Gasteiger charge is 2.45. The molecule has 2 aliphatic carbocycles. The van der Waals surface area contributed by atoms with E-state index in [4.69, 9.17) is 0 Å². The van der Waals surface area contributed by atoms with Gasteiger partial charge in [0.25, 0.3) is 5.91 Å². The number of fused-ring (bicyclic) bond motifs is 2. The zero-order valence-electron chi connectivity index (χ0n) is 17.3. The van der Waals surface area contributed by atoms with Gasteiger partial charge in [0.15, 0.2) is 0 Å². The largest absolute Gasteiger partial charge is 0.339 e. The van der Waals surface area contributed by atoms with Crippen molar-refractivity contribution in [1.82, 2.24) is 14.8 Å². The highest BCUT2D eigenvalue weighted by Crippen LogP contribution is 2.42. The van der Waals surface area contributed by atoms with Crippen molar-refractivity contribution in [3.05, 3.63) is 30.1 Å². The Morgan fingerprint density at radius 3 is 2.41 bits per heavy atom. The minimum Gasteiger partial charge on any atom is -0.339 e. The van der Waals surface area contributed by atoms with Crippen molar-refractivity contribution in [1.29, 1.82) is 0 Å². The fraction of sp³-hybridized carbons (Fsp3) is 0.708. The third-order valence-corrected chi connectivity index (χ3v) is 8.15. The van der Waals surface area contributed by atoms with Gasteiger partial charge in [0.05, 0.1) is 0 Å². The van der Waals surface area contributed by atoms with E-state index in [0.29, 0.717) is 23.9 Å². The van der Waals surface area contributed by atoms with Crippen LogP contribution in [0.3, 0.4) is 0 Å². The number of carbonyl (C=O) groups excluding carboxylic acids is 2. The van der Waals surface area contributed by atoms with Gasteiger partial charge in [-0.25, -0.2) is 0 Å². The van der Waals surface area contributed by atoms with Crippen LogP contribution in [0, 0.1) is 17.8 Å². The Bertz CT molecular complexity index is 750. The molecular formula is C24H33N3O2. The second kappa shape index (κ2) is 8.08. The SMILES string of the molecule is O=C(c1ccncc1)N1CCC2CC(C(=O)N3CCCC4CCCC[C@@H]43)CC[C@H]21. The monoisotopic (exact) mass is 395 g/mol. The Labute approximate surface area is 173 Å². The second-order valence-corrected chi connectivity index (χ2v) is 9.65. The van der Waals surface area contributed by atoms with Gasteiger partial charge in [-0.15, -0.1) is 0 Å². The normalized spacial score (nSPS) is 34.4. The van der Waals surface area contributed by atoms with Crippen LogP contribution in [0.25, 0.3) is 0 Å². The van der Waals surface area contributed by atoms with Crippen LogP contribution in [0.1, 0.15) is 74.6 Å². The van der Waals surface area contributed by atoms with Gasteiger partial charge in [-0.3, -0.25) is 14.6 Å². The van der Waals surface area contributed by atoms with Gasteiger partial charge in [0.2, 0.25) is 5.91 Å². The van der Waals surface area contributed by atoms with Gasteiger partial charge in [-0.2, -0.15) is 0 Å². The summed E-state index contributed by atoms with van der Waals surface area (Å²) in [6, 6.07) is 4.43. The molecule has 3 heterocycles. The van der Waals surface area contributed by atoms with Gasteiger partial charge >= 0.3 is 0 Å². The molecule has 29 heavy (non-hydrogen) atoms. The summed E-state index contributed by atoms with van der Waals surface area (Å²) in [6.45, 7) is 1.79. The van der Waals surface area contributed by atoms with Crippen LogP contribution in [-0.4, -0.2) is 51.8 Å². The van der Waals surface area contributed by atoms with E-state index in [9.17, 15) is 9.59 Å². The smallest absolute Gasteiger partial charge is 0.254 e. The van der Waals surface area contributed by atoms with Crippen LogP contribution in [0.15, 0.2) is 24.5 Å². The number of piperidine rings is 1. The van der Waals surface area contributed by atoms with Crippen molar-refractivity contribution < 1.29 is 9.59 Å². The third kappa shape index (κ3) is 3.57. The highest BCUT2D eigenvalue weighted by atomic mass is 16.2. The number of carbonyl (C=O) groups is 2. The average Bonchev–Trinajstić information content (AvgIpc) is 3.21. The molecule has 5 heteroatoms. The van der Waals surface area contributed by atoms with Crippen LogP contribution < -0.4 is 0 Å². The van der Waals surface area contributed by atoms with Crippen molar-refractivity contribution in [3.63, 3.8) is 0 Å². The lowest BCUT2D eigenvalue weighted by atomic mass is 9.75. The first kappa shape index (κ1) is 19.1. The number of aromatic nitrogens is 1. The number of amides is 2. The predicted octanol–water partition coefficient (Wildman–Crippen LogP) is 3.89. The molecule has 0 bridgehead atoms. The van der Waals surface area contributed by atoms with Crippen molar-refractivity contribution >= 4 is 11.8 Å². The molecule has 2 saturated carbocycles. The molecule has 4 aliphatic rings. The fourth-order valence-corrected chi connectivity index (χ4v) is 6.71. The Morgan fingerprint density at radius 2 is 1.55 bits per heavy atom. The first-order valence-electron chi connectivity index (χ1n) is 11.7. The minimum absolute atomic E-state index is 0.130. The van der Waals surface area contributed by atoms with Gasteiger partial charge < -0.3 is 9.80 Å². The van der Waals surface area contributed by atoms with Crippen LogP contribution in [0.2, 0.25) is 0 Å². The van der Waals surface area contributed by atoms with Crippen molar-refractivity contribution in [3.8, 4) is 0 Å². The molecule has 5 atom stereocenters. The summed E-state index contributed by atoms with van der Waals surface area (Å²) in [4.78, 5) is 34.8. The molecule has 1 aromatic heterocycles. The van der Waals surface area contributed by atoms with E-state index in [-0.39, 0.29) is 11.8 Å². The first-order valence-corrected chi connectivity index (χ1v) is 11.7. The van der Waals surface area contributed by atoms with Crippen LogP contribution in [-0.2, 0) is 4.79 Å². The highest BCUT2D eigenvalue weighted by molar-refractivity contribution is 5.94. The van der Waals surface area contributed by atoms with Gasteiger partial charge in [0, 0.05) is 49.0 Å². The summed E-state index contributed by atoms with van der Waals surface area (Å²) < 4.78 is 0. The van der Waals surface area contributed by atoms with Crippen molar-refractivity contribution in [2.75, 3.05) is 13.1 Å². The topological polar surface area (TPSA) is 53.5 Å². The van der Waals surface area contributed by atoms with E-state index in [1.54, 1.807) is 12.4 Å². The Morgan fingerprint density at radius 1 is 0.793 bits per heavy atom. The molecule has 156 valence electrons. The van der Waals surface area contributed by atoms with Crippen molar-refractivity contribution in [2.45, 2.75) is 76.3 Å². The number of likely N-dealkylation sites (tertiary alicyclic amines) is 2. The first-order chi connectivity index (χ1) is 14.2. The molecule has 3 unspecified atom stereocenters. The maximum absolute atomic E-state index is 13.5. The summed E-state index contributed by atoms with van der Waals surface area (Å²) in [6.07, 6.45) is 14.9. The summed E-state index contributed by atoms with van der Waals surface area (Å²) in [5.74, 6) is 1.96. The maximum atomic E-state index is 13.5. The molecule has 2 aliphatic heterocycles. The molecule has 0 N–H and O–H groups in total. The van der Waals surface area contributed by atoms with E-state index < -0.39 is 0 Å². The molecule has 2 saturated heterocycles. The predicted molar refractivity (Wildman–Crippen MR) is 111 cm³/mol. The van der Waals surface area contributed by atoms with Crippen LogP contribution in [0.4, 0.5) is 0 Å². The molecule has 5 nitrogen and oxygen atoms in total. The van der Waals surface area contributed by atoms with E-state index in [1.165, 1.54) is 38.5 Å². The lowest BCUT2D eigenvalue weighted by Gasteiger charge is -2.46. The van der Waals surface area contributed by atoms with E-state index in [2.05, 4.69) is 14.8 Å². The second-order valence-electron chi connectivity index (χ2n) is 9.65. The molecule has 0 radical (unpaired) electrons. The summed E-state index contributed by atoms with van der Waals surface area (Å²) in [5.41, 5.74) is 0.732. The Hall–Kier alpha value is -1.91. The number of rotatable bonds is 2. The number of hydrogen-bond donors (Lipinski definition) is 0. The number of hydrogen-bond acceptors (Lipinski definition) is 3. The maximum Gasteiger partial charge on any atom is 0.254 e. The lowest BCUT2D eigenvalue weighted by Crippen LogP contribution is -2.52. The van der Waals surface area contributed by atoms with E-state index in [1.807, 2.05) is 12.1 Å². The Balaban J connectivity index is 1.24. The zero-order chi connectivity index (χ0) is 19.8. The molecule has 2 amide bonds.